The Hall–Kier alpha value is -3.33. The fraction of sp³-hybridized carbons (Fsp3) is 0.391. The molecule has 0 aromatic heterocycles. The van der Waals surface area contributed by atoms with Crippen molar-refractivity contribution >= 4 is 22.0 Å². The Morgan fingerprint density at radius 1 is 1.11 bits per heavy atom. The Labute approximate surface area is 212 Å². The highest BCUT2D eigenvalue weighted by Gasteiger charge is 2.53. The van der Waals surface area contributed by atoms with E-state index >= 15 is 0 Å². The molecule has 1 heterocycles. The van der Waals surface area contributed by atoms with Crippen LogP contribution in [0.15, 0.2) is 47.4 Å². The maximum absolute atomic E-state index is 14.8. The average molecular weight is 544 g/mol. The van der Waals surface area contributed by atoms with Crippen LogP contribution in [-0.4, -0.2) is 80.3 Å². The van der Waals surface area contributed by atoms with Crippen molar-refractivity contribution in [3.63, 3.8) is 0 Å². The molecular formula is C23H27F2N3O8S. The van der Waals surface area contributed by atoms with Gasteiger partial charge in [0, 0.05) is 20.2 Å². The molecule has 1 fully saturated rings. The molecule has 2 amide bonds. The lowest BCUT2D eigenvalue weighted by molar-refractivity contribution is -0.142. The van der Waals surface area contributed by atoms with Gasteiger partial charge in [-0.15, -0.1) is 0 Å². The summed E-state index contributed by atoms with van der Waals surface area (Å²) in [4.78, 5) is 25.9. The summed E-state index contributed by atoms with van der Waals surface area (Å²) in [6.45, 7) is 0.721. The lowest BCUT2D eigenvalue weighted by Crippen LogP contribution is -2.70. The Balaban J connectivity index is 1.90. The summed E-state index contributed by atoms with van der Waals surface area (Å²) in [5, 5.41) is 9.40. The first-order chi connectivity index (χ1) is 17.6. The fourth-order valence-corrected chi connectivity index (χ4v) is 5.73. The zero-order valence-electron chi connectivity index (χ0n) is 20.1. The highest BCUT2D eigenvalue weighted by molar-refractivity contribution is 7.89. The van der Waals surface area contributed by atoms with Gasteiger partial charge < -0.3 is 19.1 Å². The third kappa shape index (κ3) is 5.98. The molecule has 1 saturated heterocycles. The number of benzene rings is 2. The maximum atomic E-state index is 14.8. The van der Waals surface area contributed by atoms with Gasteiger partial charge in [0.25, 0.3) is 5.91 Å². The maximum Gasteiger partial charge on any atom is 0.409 e. The number of nitrogens with one attached hydrogen (secondary N) is 1. The van der Waals surface area contributed by atoms with Gasteiger partial charge in [-0.2, -0.15) is 4.31 Å². The number of sulfonamides is 1. The SMILES string of the molecule is CC[C@]1(C(=O)NO)CN(C(=O)OCCOC)CCN1S(=O)(=O)c1ccc(Oc2ccc(F)cc2)c(F)c1. The van der Waals surface area contributed by atoms with Crippen LogP contribution in [0.2, 0.25) is 0 Å². The molecule has 1 aliphatic heterocycles. The third-order valence-corrected chi connectivity index (χ3v) is 7.88. The normalized spacial score (nSPS) is 18.4. The second-order valence-electron chi connectivity index (χ2n) is 8.08. The van der Waals surface area contributed by atoms with E-state index in [0.717, 1.165) is 39.5 Å². The first-order valence-electron chi connectivity index (χ1n) is 11.2. The van der Waals surface area contributed by atoms with E-state index in [0.29, 0.717) is 0 Å². The van der Waals surface area contributed by atoms with Gasteiger partial charge in [-0.25, -0.2) is 27.5 Å². The molecule has 1 atom stereocenters. The van der Waals surface area contributed by atoms with Crippen LogP contribution in [0.4, 0.5) is 13.6 Å². The van der Waals surface area contributed by atoms with Gasteiger partial charge in [-0.05, 0) is 48.9 Å². The predicted octanol–water partition coefficient (Wildman–Crippen LogP) is 2.50. The van der Waals surface area contributed by atoms with Crippen LogP contribution in [-0.2, 0) is 24.3 Å². The van der Waals surface area contributed by atoms with E-state index in [1.165, 1.54) is 31.6 Å². The van der Waals surface area contributed by atoms with E-state index in [1.54, 1.807) is 0 Å². The molecule has 37 heavy (non-hydrogen) atoms. The number of piperazine rings is 1. The van der Waals surface area contributed by atoms with E-state index in [9.17, 15) is 32.0 Å². The van der Waals surface area contributed by atoms with Crippen LogP contribution in [0.25, 0.3) is 0 Å². The molecule has 14 heteroatoms. The van der Waals surface area contributed by atoms with Gasteiger partial charge >= 0.3 is 6.09 Å². The van der Waals surface area contributed by atoms with E-state index in [2.05, 4.69) is 0 Å². The van der Waals surface area contributed by atoms with E-state index < -0.39 is 50.6 Å². The quantitative estimate of drug-likeness (QED) is 0.280. The summed E-state index contributed by atoms with van der Waals surface area (Å²) in [5.74, 6) is -2.76. The lowest BCUT2D eigenvalue weighted by atomic mass is 9.92. The molecule has 0 spiro atoms. The molecule has 0 radical (unpaired) electrons. The van der Waals surface area contributed by atoms with Crippen molar-refractivity contribution in [1.29, 1.82) is 0 Å². The number of hydrogen-bond acceptors (Lipinski definition) is 8. The molecule has 0 aliphatic carbocycles. The summed E-state index contributed by atoms with van der Waals surface area (Å²) >= 11 is 0. The van der Waals surface area contributed by atoms with Crippen LogP contribution in [0.1, 0.15) is 13.3 Å². The Bertz CT molecular complexity index is 1230. The second-order valence-corrected chi connectivity index (χ2v) is 9.94. The minimum Gasteiger partial charge on any atom is -0.454 e. The van der Waals surface area contributed by atoms with Gasteiger partial charge in [0.2, 0.25) is 10.0 Å². The van der Waals surface area contributed by atoms with E-state index in [1.807, 2.05) is 0 Å². The first kappa shape index (κ1) is 28.2. The summed E-state index contributed by atoms with van der Waals surface area (Å²) < 4.78 is 71.2. The zero-order chi connectivity index (χ0) is 27.2. The first-order valence-corrected chi connectivity index (χ1v) is 12.6. The van der Waals surface area contributed by atoms with Gasteiger partial charge in [0.1, 0.15) is 23.7 Å². The van der Waals surface area contributed by atoms with Crippen molar-refractivity contribution in [3.05, 3.63) is 54.1 Å². The van der Waals surface area contributed by atoms with Crippen molar-refractivity contribution in [3.8, 4) is 11.5 Å². The topological polar surface area (TPSA) is 135 Å². The molecular weight excluding hydrogens is 516 g/mol. The predicted molar refractivity (Wildman–Crippen MR) is 125 cm³/mol. The minimum absolute atomic E-state index is 0.0508. The fourth-order valence-electron chi connectivity index (χ4n) is 3.93. The monoisotopic (exact) mass is 543 g/mol. The molecule has 3 rings (SSSR count). The van der Waals surface area contributed by atoms with Gasteiger partial charge in [0.05, 0.1) is 18.0 Å². The third-order valence-electron chi connectivity index (χ3n) is 5.92. The Morgan fingerprint density at radius 3 is 2.41 bits per heavy atom. The number of carbonyl (C=O) groups excluding carboxylic acids is 2. The largest absolute Gasteiger partial charge is 0.454 e. The van der Waals surface area contributed by atoms with Crippen molar-refractivity contribution in [1.82, 2.24) is 14.7 Å². The number of nitrogens with zero attached hydrogens (tertiary/aromatic N) is 2. The number of hydroxylamine groups is 1. The van der Waals surface area contributed by atoms with Crippen LogP contribution in [0.3, 0.4) is 0 Å². The smallest absolute Gasteiger partial charge is 0.409 e. The van der Waals surface area contributed by atoms with Gasteiger partial charge in [-0.3, -0.25) is 10.0 Å². The van der Waals surface area contributed by atoms with Crippen LogP contribution >= 0.6 is 0 Å². The molecule has 11 nitrogen and oxygen atoms in total. The lowest BCUT2D eigenvalue weighted by Gasteiger charge is -2.47. The zero-order valence-corrected chi connectivity index (χ0v) is 21.0. The van der Waals surface area contributed by atoms with Crippen molar-refractivity contribution < 1.29 is 46.2 Å². The van der Waals surface area contributed by atoms with E-state index in [-0.39, 0.29) is 44.2 Å². The highest BCUT2D eigenvalue weighted by atomic mass is 32.2. The summed E-state index contributed by atoms with van der Waals surface area (Å²) in [5.41, 5.74) is -0.432. The summed E-state index contributed by atoms with van der Waals surface area (Å²) in [7, 11) is -3.08. The minimum atomic E-state index is -4.51. The summed E-state index contributed by atoms with van der Waals surface area (Å²) in [6.07, 6.45) is -0.916. The second kappa shape index (κ2) is 11.8. The Morgan fingerprint density at radius 2 is 1.81 bits per heavy atom. The number of rotatable bonds is 9. The highest BCUT2D eigenvalue weighted by Crippen LogP contribution is 2.34. The van der Waals surface area contributed by atoms with Gasteiger partial charge in [0.15, 0.2) is 11.6 Å². The standard InChI is InChI=1S/C23H27F2N3O8S/c1-3-23(21(29)26-31)15-27(22(30)35-13-12-34-2)10-11-28(23)37(32,33)18-8-9-20(19(25)14-18)36-17-6-4-16(24)5-7-17/h4-9,14,31H,3,10-13,15H2,1-2H3,(H,26,29)/t23-/m1/s1. The number of carbonyl (C=O) groups is 2. The van der Waals surface area contributed by atoms with Crippen LogP contribution < -0.4 is 10.2 Å². The van der Waals surface area contributed by atoms with Crippen LogP contribution in [0, 0.1) is 11.6 Å². The molecule has 202 valence electrons. The Kier molecular flexibility index (Phi) is 9.02. The molecule has 2 aromatic rings. The summed E-state index contributed by atoms with van der Waals surface area (Å²) in [6, 6.07) is 7.72. The van der Waals surface area contributed by atoms with Crippen LogP contribution in [0.5, 0.6) is 11.5 Å². The number of hydrogen-bond donors (Lipinski definition) is 2. The number of methoxy groups -OCH3 is 1. The van der Waals surface area contributed by atoms with Crippen molar-refractivity contribution in [2.75, 3.05) is 40.0 Å². The average Bonchev–Trinajstić information content (AvgIpc) is 2.90. The molecule has 1 aliphatic rings. The number of ether oxygens (including phenoxy) is 3. The van der Waals surface area contributed by atoms with Gasteiger partial charge in [-0.1, -0.05) is 6.92 Å². The molecule has 0 saturated carbocycles. The van der Waals surface area contributed by atoms with E-state index in [4.69, 9.17) is 14.2 Å². The van der Waals surface area contributed by atoms with Crippen molar-refractivity contribution in [2.24, 2.45) is 0 Å². The molecule has 0 unspecified atom stereocenters. The molecule has 0 bridgehead atoms. The number of amides is 2. The van der Waals surface area contributed by atoms with Crippen molar-refractivity contribution in [2.45, 2.75) is 23.8 Å². The molecule has 2 aromatic carbocycles. The molecule has 2 N–H and O–H groups in total. The number of halogens is 2.